The fourth-order valence-corrected chi connectivity index (χ4v) is 1.60. The van der Waals surface area contributed by atoms with Crippen LogP contribution in [0.4, 0.5) is 5.69 Å². The molecular formula is C13H8N4O4. The first-order chi connectivity index (χ1) is 10.0. The Kier molecular flexibility index (Phi) is 3.76. The van der Waals surface area contributed by atoms with Crippen molar-refractivity contribution < 1.29 is 15.1 Å². The fraction of sp³-hybridized carbons (Fsp3) is 0. The SMILES string of the molecule is N#C/C(=C\c1cc(O)c(O)c([N+](=O)[O-])c1)c1ncccn1. The Bertz CT molecular complexity index is 766. The molecule has 8 nitrogen and oxygen atoms in total. The quantitative estimate of drug-likeness (QED) is 0.380. The van der Waals surface area contributed by atoms with Crippen LogP contribution in [0, 0.1) is 21.4 Å². The molecular weight excluding hydrogens is 276 g/mol. The normalized spacial score (nSPS) is 10.9. The molecule has 0 radical (unpaired) electrons. The molecule has 0 unspecified atom stereocenters. The number of rotatable bonds is 3. The summed E-state index contributed by atoms with van der Waals surface area (Å²) in [7, 11) is 0. The molecule has 0 spiro atoms. The first kappa shape index (κ1) is 14.0. The summed E-state index contributed by atoms with van der Waals surface area (Å²) in [5.41, 5.74) is -0.427. The molecule has 0 fully saturated rings. The van der Waals surface area contributed by atoms with Gasteiger partial charge in [-0.25, -0.2) is 9.97 Å². The maximum atomic E-state index is 10.8. The molecule has 8 heteroatoms. The first-order valence-electron chi connectivity index (χ1n) is 5.62. The molecule has 0 bridgehead atoms. The highest BCUT2D eigenvalue weighted by molar-refractivity contribution is 5.87. The van der Waals surface area contributed by atoms with Gasteiger partial charge in [0, 0.05) is 18.5 Å². The van der Waals surface area contributed by atoms with Gasteiger partial charge in [0.2, 0.25) is 5.75 Å². The lowest BCUT2D eigenvalue weighted by molar-refractivity contribution is -0.386. The topological polar surface area (TPSA) is 133 Å². The van der Waals surface area contributed by atoms with E-state index in [9.17, 15) is 20.3 Å². The zero-order valence-electron chi connectivity index (χ0n) is 10.5. The van der Waals surface area contributed by atoms with Crippen molar-refractivity contribution >= 4 is 17.3 Å². The average molecular weight is 284 g/mol. The monoisotopic (exact) mass is 284 g/mol. The van der Waals surface area contributed by atoms with Gasteiger partial charge in [-0.15, -0.1) is 0 Å². The van der Waals surface area contributed by atoms with E-state index in [-0.39, 0.29) is 17.0 Å². The molecule has 0 aliphatic heterocycles. The number of aromatic nitrogens is 2. The lowest BCUT2D eigenvalue weighted by atomic mass is 10.1. The molecule has 0 saturated heterocycles. The molecule has 0 aliphatic carbocycles. The van der Waals surface area contributed by atoms with E-state index in [2.05, 4.69) is 9.97 Å². The number of phenols is 2. The van der Waals surface area contributed by atoms with Gasteiger partial charge in [0.25, 0.3) is 0 Å². The summed E-state index contributed by atoms with van der Waals surface area (Å²) in [4.78, 5) is 17.7. The third-order valence-electron chi connectivity index (χ3n) is 2.53. The molecule has 2 aromatic rings. The second kappa shape index (κ2) is 5.66. The minimum Gasteiger partial charge on any atom is -0.504 e. The van der Waals surface area contributed by atoms with Crippen LogP contribution in [-0.4, -0.2) is 25.1 Å². The molecule has 1 aromatic heterocycles. The highest BCUT2D eigenvalue weighted by Gasteiger charge is 2.18. The van der Waals surface area contributed by atoms with Crippen LogP contribution in [0.1, 0.15) is 11.4 Å². The molecule has 2 rings (SSSR count). The second-order valence-corrected chi connectivity index (χ2v) is 3.91. The highest BCUT2D eigenvalue weighted by atomic mass is 16.6. The minimum atomic E-state index is -0.836. The van der Waals surface area contributed by atoms with Crippen molar-refractivity contribution in [2.45, 2.75) is 0 Å². The van der Waals surface area contributed by atoms with E-state index in [0.29, 0.717) is 0 Å². The van der Waals surface area contributed by atoms with E-state index in [1.165, 1.54) is 18.5 Å². The van der Waals surface area contributed by atoms with Crippen LogP contribution in [0.2, 0.25) is 0 Å². The first-order valence-corrected chi connectivity index (χ1v) is 5.62. The third kappa shape index (κ3) is 2.93. The third-order valence-corrected chi connectivity index (χ3v) is 2.53. The lowest BCUT2D eigenvalue weighted by Gasteiger charge is -2.02. The largest absolute Gasteiger partial charge is 0.504 e. The predicted octanol–water partition coefficient (Wildman–Crippen LogP) is 1.86. The molecule has 104 valence electrons. The van der Waals surface area contributed by atoms with Crippen LogP contribution < -0.4 is 0 Å². The summed E-state index contributed by atoms with van der Waals surface area (Å²) in [6.07, 6.45) is 4.18. The van der Waals surface area contributed by atoms with Gasteiger partial charge < -0.3 is 10.2 Å². The molecule has 1 heterocycles. The van der Waals surface area contributed by atoms with Crippen LogP contribution in [0.3, 0.4) is 0 Å². The number of nitro benzene ring substituents is 1. The summed E-state index contributed by atoms with van der Waals surface area (Å²) >= 11 is 0. The van der Waals surface area contributed by atoms with Crippen LogP contribution in [-0.2, 0) is 0 Å². The zero-order chi connectivity index (χ0) is 15.4. The number of hydrogen-bond donors (Lipinski definition) is 2. The number of hydrogen-bond acceptors (Lipinski definition) is 7. The number of nitro groups is 1. The van der Waals surface area contributed by atoms with Crippen molar-refractivity contribution in [3.05, 3.63) is 52.1 Å². The van der Waals surface area contributed by atoms with Crippen molar-refractivity contribution in [3.8, 4) is 17.6 Å². The Morgan fingerprint density at radius 3 is 2.57 bits per heavy atom. The van der Waals surface area contributed by atoms with Gasteiger partial charge in [0.15, 0.2) is 11.6 Å². The Hall–Kier alpha value is -3.47. The molecule has 0 saturated carbocycles. The van der Waals surface area contributed by atoms with Crippen LogP contribution >= 0.6 is 0 Å². The maximum Gasteiger partial charge on any atom is 0.315 e. The summed E-state index contributed by atoms with van der Waals surface area (Å²) in [6, 6.07) is 5.59. The number of allylic oxidation sites excluding steroid dienone is 1. The van der Waals surface area contributed by atoms with Gasteiger partial charge in [-0.2, -0.15) is 5.26 Å². The van der Waals surface area contributed by atoms with Crippen LogP contribution in [0.5, 0.6) is 11.5 Å². The molecule has 2 N–H and O–H groups in total. The summed E-state index contributed by atoms with van der Waals surface area (Å²) < 4.78 is 0. The van der Waals surface area contributed by atoms with Crippen molar-refractivity contribution in [2.75, 3.05) is 0 Å². The molecule has 21 heavy (non-hydrogen) atoms. The van der Waals surface area contributed by atoms with Crippen molar-refractivity contribution in [3.63, 3.8) is 0 Å². The van der Waals surface area contributed by atoms with Gasteiger partial charge in [0.1, 0.15) is 6.07 Å². The average Bonchev–Trinajstić information content (AvgIpc) is 2.48. The van der Waals surface area contributed by atoms with E-state index in [0.717, 1.165) is 12.1 Å². The molecule has 0 amide bonds. The molecule has 0 aliphatic rings. The van der Waals surface area contributed by atoms with Gasteiger partial charge >= 0.3 is 5.69 Å². The van der Waals surface area contributed by atoms with Gasteiger partial charge in [0.05, 0.1) is 10.5 Å². The number of nitrogens with zero attached hydrogens (tertiary/aromatic N) is 4. The fourth-order valence-electron chi connectivity index (χ4n) is 1.60. The number of nitriles is 1. The maximum absolute atomic E-state index is 10.8. The summed E-state index contributed by atoms with van der Waals surface area (Å²) in [5.74, 6) is -1.33. The highest BCUT2D eigenvalue weighted by Crippen LogP contribution is 2.36. The Labute approximate surface area is 118 Å². The van der Waals surface area contributed by atoms with E-state index in [4.69, 9.17) is 5.26 Å². The number of benzene rings is 1. The number of phenolic OH excluding ortho intramolecular Hbond substituents is 2. The molecule has 0 atom stereocenters. The van der Waals surface area contributed by atoms with Crippen molar-refractivity contribution in [1.82, 2.24) is 9.97 Å². The molecule has 1 aromatic carbocycles. The zero-order valence-corrected chi connectivity index (χ0v) is 10.5. The summed E-state index contributed by atoms with van der Waals surface area (Å²) in [6.45, 7) is 0. The number of aromatic hydroxyl groups is 2. The smallest absolute Gasteiger partial charge is 0.315 e. The Balaban J connectivity index is 2.54. The van der Waals surface area contributed by atoms with Gasteiger partial charge in [-0.3, -0.25) is 10.1 Å². The van der Waals surface area contributed by atoms with E-state index in [1.807, 2.05) is 6.07 Å². The van der Waals surface area contributed by atoms with Crippen molar-refractivity contribution in [2.24, 2.45) is 0 Å². The van der Waals surface area contributed by atoms with E-state index < -0.39 is 22.1 Å². The van der Waals surface area contributed by atoms with Gasteiger partial charge in [-0.05, 0) is 23.8 Å². The minimum absolute atomic E-state index is 0.0648. The van der Waals surface area contributed by atoms with Crippen LogP contribution in [0.15, 0.2) is 30.6 Å². The second-order valence-electron chi connectivity index (χ2n) is 3.91. The van der Waals surface area contributed by atoms with E-state index in [1.54, 1.807) is 6.07 Å². The van der Waals surface area contributed by atoms with Crippen molar-refractivity contribution in [1.29, 1.82) is 5.26 Å². The Morgan fingerprint density at radius 1 is 1.33 bits per heavy atom. The van der Waals surface area contributed by atoms with E-state index >= 15 is 0 Å². The van der Waals surface area contributed by atoms with Gasteiger partial charge in [-0.1, -0.05) is 0 Å². The standard InChI is InChI=1S/C13H8N4O4/c14-7-9(13-15-2-1-3-16-13)4-8-5-10(17(20)21)12(19)11(18)6-8/h1-6,18-19H/b9-4+. The summed E-state index contributed by atoms with van der Waals surface area (Å²) in [5, 5.41) is 38.8. The van der Waals surface area contributed by atoms with Crippen LogP contribution in [0.25, 0.3) is 11.6 Å². The predicted molar refractivity (Wildman–Crippen MR) is 71.9 cm³/mol. The lowest BCUT2D eigenvalue weighted by Crippen LogP contribution is -1.92. The Morgan fingerprint density at radius 2 is 2.00 bits per heavy atom.